The van der Waals surface area contributed by atoms with Crippen LogP contribution in [0.2, 0.25) is 5.02 Å². The Balaban J connectivity index is 2.28. The zero-order valence-corrected chi connectivity index (χ0v) is 11.7. The van der Waals surface area contributed by atoms with Gasteiger partial charge in [-0.1, -0.05) is 48.0 Å². The van der Waals surface area contributed by atoms with Crippen LogP contribution in [0.5, 0.6) is 0 Å². The van der Waals surface area contributed by atoms with Crippen molar-refractivity contribution in [3.8, 4) is 11.1 Å². The van der Waals surface area contributed by atoms with Gasteiger partial charge in [0.15, 0.2) is 0 Å². The minimum Gasteiger partial charge on any atom is -0.385 e. The predicted octanol–water partition coefficient (Wildman–Crippen LogP) is 3.56. The molecule has 2 aromatic rings. The van der Waals surface area contributed by atoms with E-state index in [4.69, 9.17) is 17.3 Å². The molecule has 0 heterocycles. The Morgan fingerprint density at radius 3 is 2.37 bits per heavy atom. The number of aliphatic hydroxyl groups is 1. The second kappa shape index (κ2) is 5.74. The van der Waals surface area contributed by atoms with Gasteiger partial charge in [0.05, 0.1) is 5.60 Å². The fourth-order valence-electron chi connectivity index (χ4n) is 2.12. The molecule has 0 fully saturated rings. The van der Waals surface area contributed by atoms with Gasteiger partial charge in [-0.05, 0) is 48.7 Å². The summed E-state index contributed by atoms with van der Waals surface area (Å²) in [5, 5.41) is 11.0. The summed E-state index contributed by atoms with van der Waals surface area (Å²) in [6.45, 7) is 2.25. The summed E-state index contributed by atoms with van der Waals surface area (Å²) in [6, 6.07) is 15.6. The molecule has 3 N–H and O–H groups in total. The third-order valence-corrected chi connectivity index (χ3v) is 3.53. The molecule has 100 valence electrons. The van der Waals surface area contributed by atoms with E-state index >= 15 is 0 Å². The molecule has 2 rings (SSSR count). The second-order valence-corrected chi connectivity index (χ2v) is 5.34. The second-order valence-electron chi connectivity index (χ2n) is 4.90. The van der Waals surface area contributed by atoms with Gasteiger partial charge in [0.25, 0.3) is 0 Å². The van der Waals surface area contributed by atoms with Crippen molar-refractivity contribution in [2.24, 2.45) is 5.73 Å². The molecule has 0 spiro atoms. The van der Waals surface area contributed by atoms with Crippen molar-refractivity contribution in [3.05, 3.63) is 59.1 Å². The largest absolute Gasteiger partial charge is 0.385 e. The van der Waals surface area contributed by atoms with Gasteiger partial charge in [-0.15, -0.1) is 0 Å². The molecule has 0 aliphatic heterocycles. The van der Waals surface area contributed by atoms with E-state index in [0.717, 1.165) is 21.7 Å². The van der Waals surface area contributed by atoms with Gasteiger partial charge in [-0.3, -0.25) is 0 Å². The first kappa shape index (κ1) is 14.1. The van der Waals surface area contributed by atoms with E-state index < -0.39 is 5.60 Å². The zero-order chi connectivity index (χ0) is 13.9. The fraction of sp³-hybridized carbons (Fsp3) is 0.250. The van der Waals surface area contributed by atoms with Crippen LogP contribution in [-0.4, -0.2) is 11.7 Å². The molecule has 0 aliphatic carbocycles. The summed E-state index contributed by atoms with van der Waals surface area (Å²) >= 11 is 5.99. The summed E-state index contributed by atoms with van der Waals surface area (Å²) in [5.41, 5.74) is 7.67. The van der Waals surface area contributed by atoms with E-state index in [9.17, 15) is 5.11 Å². The maximum atomic E-state index is 10.3. The first-order chi connectivity index (χ1) is 9.03. The van der Waals surface area contributed by atoms with Gasteiger partial charge < -0.3 is 10.8 Å². The van der Waals surface area contributed by atoms with Gasteiger partial charge in [-0.2, -0.15) is 0 Å². The number of nitrogens with two attached hydrogens (primary N) is 1. The number of benzene rings is 2. The van der Waals surface area contributed by atoms with Crippen LogP contribution in [0.1, 0.15) is 18.9 Å². The fourth-order valence-corrected chi connectivity index (χ4v) is 2.31. The molecular formula is C16H18ClNO. The summed E-state index contributed by atoms with van der Waals surface area (Å²) in [7, 11) is 0. The Hall–Kier alpha value is -1.35. The number of hydrogen-bond donors (Lipinski definition) is 2. The van der Waals surface area contributed by atoms with Crippen molar-refractivity contribution in [2.45, 2.75) is 18.9 Å². The summed E-state index contributed by atoms with van der Waals surface area (Å²) < 4.78 is 0. The third-order valence-electron chi connectivity index (χ3n) is 3.30. The lowest BCUT2D eigenvalue weighted by Crippen LogP contribution is -2.24. The highest BCUT2D eigenvalue weighted by Gasteiger charge is 2.21. The van der Waals surface area contributed by atoms with Crippen molar-refractivity contribution in [3.63, 3.8) is 0 Å². The first-order valence-electron chi connectivity index (χ1n) is 6.32. The molecule has 0 saturated heterocycles. The standard InChI is InChI=1S/C16H18ClNO/c1-16(19,9-10-18)14-7-5-12(6-8-14)13-3-2-4-15(17)11-13/h2-8,11,19H,9-10,18H2,1H3. The molecule has 0 aromatic heterocycles. The molecule has 0 aliphatic rings. The zero-order valence-electron chi connectivity index (χ0n) is 10.9. The Labute approximate surface area is 118 Å². The van der Waals surface area contributed by atoms with E-state index in [1.807, 2.05) is 48.5 Å². The molecule has 0 amide bonds. The Morgan fingerprint density at radius 2 is 1.79 bits per heavy atom. The molecule has 0 saturated carbocycles. The van der Waals surface area contributed by atoms with Crippen LogP contribution in [0.3, 0.4) is 0 Å². The van der Waals surface area contributed by atoms with Crippen LogP contribution in [0.4, 0.5) is 0 Å². The van der Waals surface area contributed by atoms with Crippen LogP contribution >= 0.6 is 11.6 Å². The molecule has 1 unspecified atom stereocenters. The summed E-state index contributed by atoms with van der Waals surface area (Å²) in [6.07, 6.45) is 0.545. The number of hydrogen-bond acceptors (Lipinski definition) is 2. The van der Waals surface area contributed by atoms with E-state index in [0.29, 0.717) is 13.0 Å². The van der Waals surface area contributed by atoms with Crippen LogP contribution in [0.15, 0.2) is 48.5 Å². The highest BCUT2D eigenvalue weighted by molar-refractivity contribution is 6.30. The molecule has 0 radical (unpaired) electrons. The van der Waals surface area contributed by atoms with Gasteiger partial charge >= 0.3 is 0 Å². The van der Waals surface area contributed by atoms with Crippen LogP contribution in [0, 0.1) is 0 Å². The van der Waals surface area contributed by atoms with Crippen molar-refractivity contribution >= 4 is 11.6 Å². The SMILES string of the molecule is CC(O)(CCN)c1ccc(-c2cccc(Cl)c2)cc1. The molecule has 2 aromatic carbocycles. The number of halogens is 1. The normalized spacial score (nSPS) is 14.1. The van der Waals surface area contributed by atoms with E-state index in [1.165, 1.54) is 0 Å². The van der Waals surface area contributed by atoms with Gasteiger partial charge in [0.1, 0.15) is 0 Å². The van der Waals surface area contributed by atoms with E-state index in [2.05, 4.69) is 0 Å². The predicted molar refractivity (Wildman–Crippen MR) is 80.1 cm³/mol. The minimum atomic E-state index is -0.873. The summed E-state index contributed by atoms with van der Waals surface area (Å²) in [4.78, 5) is 0. The van der Waals surface area contributed by atoms with Gasteiger partial charge in [0.2, 0.25) is 0 Å². The molecule has 1 atom stereocenters. The molecule has 3 heteroatoms. The van der Waals surface area contributed by atoms with E-state index in [-0.39, 0.29) is 0 Å². The Morgan fingerprint density at radius 1 is 1.11 bits per heavy atom. The Bertz CT molecular complexity index is 549. The quantitative estimate of drug-likeness (QED) is 0.896. The number of rotatable bonds is 4. The van der Waals surface area contributed by atoms with Crippen LogP contribution in [0.25, 0.3) is 11.1 Å². The summed E-state index contributed by atoms with van der Waals surface area (Å²) in [5.74, 6) is 0. The van der Waals surface area contributed by atoms with Gasteiger partial charge in [-0.25, -0.2) is 0 Å². The average Bonchev–Trinajstić information content (AvgIpc) is 2.39. The minimum absolute atomic E-state index is 0.461. The molecule has 2 nitrogen and oxygen atoms in total. The smallest absolute Gasteiger partial charge is 0.0880 e. The highest BCUT2D eigenvalue weighted by Crippen LogP contribution is 2.28. The van der Waals surface area contributed by atoms with Crippen LogP contribution in [-0.2, 0) is 5.60 Å². The van der Waals surface area contributed by atoms with Gasteiger partial charge in [0, 0.05) is 5.02 Å². The lowest BCUT2D eigenvalue weighted by molar-refractivity contribution is 0.0504. The molecule has 19 heavy (non-hydrogen) atoms. The maximum Gasteiger partial charge on any atom is 0.0880 e. The van der Waals surface area contributed by atoms with Crippen molar-refractivity contribution in [2.75, 3.05) is 6.54 Å². The average molecular weight is 276 g/mol. The monoisotopic (exact) mass is 275 g/mol. The third kappa shape index (κ3) is 3.35. The van der Waals surface area contributed by atoms with Crippen molar-refractivity contribution < 1.29 is 5.11 Å². The molecular weight excluding hydrogens is 258 g/mol. The van der Waals surface area contributed by atoms with Crippen LogP contribution < -0.4 is 5.73 Å². The van der Waals surface area contributed by atoms with Crippen molar-refractivity contribution in [1.82, 2.24) is 0 Å². The van der Waals surface area contributed by atoms with E-state index in [1.54, 1.807) is 6.92 Å². The lowest BCUT2D eigenvalue weighted by Gasteiger charge is -2.23. The van der Waals surface area contributed by atoms with Crippen molar-refractivity contribution in [1.29, 1.82) is 0 Å². The highest BCUT2D eigenvalue weighted by atomic mass is 35.5. The Kier molecular flexibility index (Phi) is 4.25. The lowest BCUT2D eigenvalue weighted by atomic mass is 9.91. The molecule has 0 bridgehead atoms. The first-order valence-corrected chi connectivity index (χ1v) is 6.70. The topological polar surface area (TPSA) is 46.2 Å². The maximum absolute atomic E-state index is 10.3.